The number of sulfone groups is 1. The summed E-state index contributed by atoms with van der Waals surface area (Å²) in [6.07, 6.45) is 0. The third-order valence-electron chi connectivity index (χ3n) is 3.51. The van der Waals surface area contributed by atoms with E-state index in [-0.39, 0.29) is 10.5 Å². The van der Waals surface area contributed by atoms with Gasteiger partial charge in [-0.2, -0.15) is 0 Å². The van der Waals surface area contributed by atoms with Gasteiger partial charge in [-0.05, 0) is 39.8 Å². The van der Waals surface area contributed by atoms with Gasteiger partial charge in [-0.15, -0.1) is 0 Å². The van der Waals surface area contributed by atoms with E-state index in [1.807, 2.05) is 0 Å². The number of carbonyl (C=O) groups is 1. The van der Waals surface area contributed by atoms with Crippen LogP contribution in [0.4, 0.5) is 4.39 Å². The molecule has 0 N–H and O–H groups in total. The van der Waals surface area contributed by atoms with E-state index in [0.29, 0.717) is 0 Å². The van der Waals surface area contributed by atoms with Crippen LogP contribution in [0.3, 0.4) is 0 Å². The molecule has 0 aliphatic heterocycles. The smallest absolute Gasteiger partial charge is 0.365 e. The maximum absolute atomic E-state index is 16.0. The average molecular weight is 364 g/mol. The zero-order valence-electron chi connectivity index (χ0n) is 14.6. The molecule has 0 heterocycles. The molecule has 0 bridgehead atoms. The highest BCUT2D eigenvalue weighted by Crippen LogP contribution is 2.39. The van der Waals surface area contributed by atoms with E-state index in [2.05, 4.69) is 0 Å². The number of aryl methyl sites for hydroxylation is 1. The molecule has 2 aromatic rings. The van der Waals surface area contributed by atoms with Gasteiger partial charge in [0.05, 0.1) is 4.90 Å². The Kier molecular flexibility index (Phi) is 5.04. The third kappa shape index (κ3) is 3.74. The van der Waals surface area contributed by atoms with Gasteiger partial charge in [0.1, 0.15) is 5.60 Å². The van der Waals surface area contributed by atoms with E-state index in [9.17, 15) is 13.2 Å². The summed E-state index contributed by atoms with van der Waals surface area (Å²) in [5.74, 6) is -1.45. The van der Waals surface area contributed by atoms with Gasteiger partial charge < -0.3 is 4.74 Å². The predicted octanol–water partition coefficient (Wildman–Crippen LogP) is 3.93. The van der Waals surface area contributed by atoms with Crippen molar-refractivity contribution in [3.05, 3.63) is 65.7 Å². The molecule has 1 atom stereocenters. The first-order valence-electron chi connectivity index (χ1n) is 7.77. The first-order valence-corrected chi connectivity index (χ1v) is 9.26. The summed E-state index contributed by atoms with van der Waals surface area (Å²) in [7, 11) is -4.68. The van der Waals surface area contributed by atoms with Crippen molar-refractivity contribution in [2.45, 2.75) is 43.2 Å². The van der Waals surface area contributed by atoms with Gasteiger partial charge in [0.2, 0.25) is 9.84 Å². The fourth-order valence-corrected chi connectivity index (χ4v) is 3.80. The van der Waals surface area contributed by atoms with Crippen LogP contribution in [0, 0.1) is 6.92 Å². The molecule has 0 aliphatic rings. The molecule has 2 aromatic carbocycles. The van der Waals surface area contributed by atoms with Gasteiger partial charge in [-0.3, -0.25) is 0 Å². The summed E-state index contributed by atoms with van der Waals surface area (Å²) >= 11 is 0. The molecule has 0 spiro atoms. The quantitative estimate of drug-likeness (QED) is 0.771. The number of hydrogen-bond acceptors (Lipinski definition) is 4. The Morgan fingerprint density at radius 1 is 0.960 bits per heavy atom. The summed E-state index contributed by atoms with van der Waals surface area (Å²) in [5, 5.41) is -3.34. The maximum Gasteiger partial charge on any atom is 0.365 e. The highest BCUT2D eigenvalue weighted by Gasteiger charge is 2.56. The van der Waals surface area contributed by atoms with E-state index in [1.165, 1.54) is 36.4 Å². The molecule has 2 rings (SSSR count). The Labute approximate surface area is 147 Å². The van der Waals surface area contributed by atoms with Crippen molar-refractivity contribution in [3.8, 4) is 0 Å². The van der Waals surface area contributed by atoms with Crippen LogP contribution in [0.25, 0.3) is 0 Å². The van der Waals surface area contributed by atoms with Crippen LogP contribution in [0.2, 0.25) is 0 Å². The lowest BCUT2D eigenvalue weighted by Crippen LogP contribution is -2.44. The Bertz CT molecular complexity index is 853. The van der Waals surface area contributed by atoms with Crippen molar-refractivity contribution >= 4 is 15.8 Å². The predicted molar refractivity (Wildman–Crippen MR) is 93.4 cm³/mol. The Balaban J connectivity index is 2.68. The minimum Gasteiger partial charge on any atom is -0.457 e. The molecule has 134 valence electrons. The van der Waals surface area contributed by atoms with Crippen LogP contribution < -0.4 is 0 Å². The average Bonchev–Trinajstić information content (AvgIpc) is 2.53. The lowest BCUT2D eigenvalue weighted by molar-refractivity contribution is -0.164. The van der Waals surface area contributed by atoms with Crippen molar-refractivity contribution in [1.82, 2.24) is 0 Å². The first-order chi connectivity index (χ1) is 11.5. The van der Waals surface area contributed by atoms with Crippen LogP contribution in [0.5, 0.6) is 0 Å². The summed E-state index contributed by atoms with van der Waals surface area (Å²) in [6, 6.07) is 12.7. The molecule has 0 radical (unpaired) electrons. The van der Waals surface area contributed by atoms with Crippen LogP contribution >= 0.6 is 0 Å². The number of carbonyl (C=O) groups excluding carboxylic acids is 1. The Morgan fingerprint density at radius 2 is 1.48 bits per heavy atom. The molecular formula is C19H21FO4S. The fourth-order valence-electron chi connectivity index (χ4n) is 2.26. The molecule has 25 heavy (non-hydrogen) atoms. The third-order valence-corrected chi connectivity index (χ3v) is 5.54. The standard InChI is InChI=1S/C19H21FO4S/c1-14-10-12-15(13-11-14)19(20,17(21)24-18(2,3)4)25(22,23)16-8-6-5-7-9-16/h5-13H,1-4H3. The van der Waals surface area contributed by atoms with Gasteiger partial charge in [0, 0.05) is 5.56 Å². The van der Waals surface area contributed by atoms with E-state index in [1.54, 1.807) is 45.9 Å². The second-order valence-electron chi connectivity index (χ2n) is 6.78. The van der Waals surface area contributed by atoms with Gasteiger partial charge in [-0.25, -0.2) is 17.6 Å². The highest BCUT2D eigenvalue weighted by molar-refractivity contribution is 7.93. The van der Waals surface area contributed by atoms with Gasteiger partial charge in [0.15, 0.2) is 0 Å². The number of ether oxygens (including phenoxy) is 1. The number of esters is 1. The number of benzene rings is 2. The molecular weight excluding hydrogens is 343 g/mol. The minimum atomic E-state index is -4.68. The number of alkyl halides is 1. The van der Waals surface area contributed by atoms with Crippen LogP contribution in [0.1, 0.15) is 31.9 Å². The van der Waals surface area contributed by atoms with Gasteiger partial charge in [-0.1, -0.05) is 48.0 Å². The van der Waals surface area contributed by atoms with Crippen molar-refractivity contribution in [3.63, 3.8) is 0 Å². The van der Waals surface area contributed by atoms with Crippen LogP contribution in [-0.2, 0) is 24.4 Å². The fraction of sp³-hybridized carbons (Fsp3) is 0.316. The van der Waals surface area contributed by atoms with E-state index < -0.39 is 26.4 Å². The minimum absolute atomic E-state index is 0.281. The van der Waals surface area contributed by atoms with E-state index in [4.69, 9.17) is 4.74 Å². The van der Waals surface area contributed by atoms with E-state index >= 15 is 4.39 Å². The molecule has 0 aliphatic carbocycles. The lowest BCUT2D eigenvalue weighted by Gasteiger charge is -2.28. The van der Waals surface area contributed by atoms with Gasteiger partial charge in [0.25, 0.3) is 0 Å². The zero-order chi connectivity index (χ0) is 18.9. The molecule has 1 unspecified atom stereocenters. The van der Waals surface area contributed by atoms with Crippen molar-refractivity contribution < 1.29 is 22.3 Å². The number of rotatable bonds is 4. The summed E-state index contributed by atoms with van der Waals surface area (Å²) in [6.45, 7) is 6.43. The molecule has 6 heteroatoms. The maximum atomic E-state index is 16.0. The summed E-state index contributed by atoms with van der Waals surface area (Å²) in [5.41, 5.74) is -0.505. The summed E-state index contributed by atoms with van der Waals surface area (Å²) < 4.78 is 47.1. The molecule has 0 saturated heterocycles. The highest BCUT2D eigenvalue weighted by atomic mass is 32.2. The van der Waals surface area contributed by atoms with Gasteiger partial charge >= 0.3 is 11.0 Å². The molecule has 0 amide bonds. The van der Waals surface area contributed by atoms with E-state index in [0.717, 1.165) is 5.56 Å². The molecule has 0 saturated carbocycles. The number of hydrogen-bond donors (Lipinski definition) is 0. The SMILES string of the molecule is Cc1ccc(C(F)(C(=O)OC(C)(C)C)S(=O)(=O)c2ccccc2)cc1. The Morgan fingerprint density at radius 3 is 1.96 bits per heavy atom. The second-order valence-corrected chi connectivity index (χ2v) is 8.82. The topological polar surface area (TPSA) is 60.4 Å². The van der Waals surface area contributed by atoms with Crippen LogP contribution in [0.15, 0.2) is 59.5 Å². The summed E-state index contributed by atoms with van der Waals surface area (Å²) in [4.78, 5) is 12.3. The Hall–Kier alpha value is -2.21. The monoisotopic (exact) mass is 364 g/mol. The molecule has 0 fully saturated rings. The lowest BCUT2D eigenvalue weighted by atomic mass is 10.1. The molecule has 4 nitrogen and oxygen atoms in total. The second kappa shape index (κ2) is 6.59. The molecule has 0 aromatic heterocycles. The van der Waals surface area contributed by atoms with Crippen LogP contribution in [-0.4, -0.2) is 20.0 Å². The van der Waals surface area contributed by atoms with Crippen molar-refractivity contribution in [2.75, 3.05) is 0 Å². The van der Waals surface area contributed by atoms with Crippen molar-refractivity contribution in [1.29, 1.82) is 0 Å². The largest absolute Gasteiger partial charge is 0.457 e. The van der Waals surface area contributed by atoms with Crippen molar-refractivity contribution in [2.24, 2.45) is 0 Å². The zero-order valence-corrected chi connectivity index (χ0v) is 15.4. The normalized spacial score (nSPS) is 14.6. The number of halogens is 1. The first kappa shape index (κ1) is 19.1.